The minimum atomic E-state index is -3.83. The molecule has 2 aliphatic rings. The summed E-state index contributed by atoms with van der Waals surface area (Å²) in [5.74, 6) is -4.81. The van der Waals surface area contributed by atoms with Gasteiger partial charge in [-0.15, -0.1) is 0 Å². The number of carbonyl (C=O) groups is 1. The molecule has 2 N–H and O–H groups in total. The lowest BCUT2D eigenvalue weighted by molar-refractivity contribution is -0.159. The minimum absolute atomic E-state index is 0.144. The van der Waals surface area contributed by atoms with E-state index in [9.17, 15) is 9.90 Å². The number of ether oxygens (including phenoxy) is 1. The van der Waals surface area contributed by atoms with E-state index in [0.717, 1.165) is 47.7 Å². The van der Waals surface area contributed by atoms with Gasteiger partial charge in [-0.2, -0.15) is 13.9 Å². The number of aryl methyl sites for hydroxylation is 1. The molecule has 10 heteroatoms. The van der Waals surface area contributed by atoms with Crippen LogP contribution in [-0.2, 0) is 23.5 Å². The third-order valence-corrected chi connectivity index (χ3v) is 8.62. The van der Waals surface area contributed by atoms with Crippen LogP contribution in [0.15, 0.2) is 66.9 Å². The van der Waals surface area contributed by atoms with Crippen LogP contribution < -0.4 is 10.1 Å². The van der Waals surface area contributed by atoms with E-state index in [4.69, 9.17) is 16.3 Å². The Balaban J connectivity index is 1.22. The van der Waals surface area contributed by atoms with Gasteiger partial charge in [0.05, 0.1) is 28.9 Å². The fourth-order valence-corrected chi connectivity index (χ4v) is 5.89. The molecule has 2 fully saturated rings. The Morgan fingerprint density at radius 1 is 1.05 bits per heavy atom. The summed E-state index contributed by atoms with van der Waals surface area (Å²) >= 11 is 6.50. The van der Waals surface area contributed by atoms with Crippen molar-refractivity contribution in [2.45, 2.75) is 56.4 Å². The minimum Gasteiger partial charge on any atom is -0.489 e. The zero-order chi connectivity index (χ0) is 29.6. The SMILES string of the molecule is C[C@@H](NC(=O)C(F)(F)c1ccc(-c2ccc3cnn(C)c3c2)cc1)[C@](O)(c1ccc(OC2CC2)c(Cl)c1)N1CCCC1. The summed E-state index contributed by atoms with van der Waals surface area (Å²) in [7, 11) is 1.84. The topological polar surface area (TPSA) is 79.6 Å². The van der Waals surface area contributed by atoms with Crippen LogP contribution in [0.2, 0.25) is 5.02 Å². The molecule has 1 saturated carbocycles. The van der Waals surface area contributed by atoms with E-state index in [1.807, 2.05) is 25.2 Å². The normalized spacial score (nSPS) is 18.1. The first-order valence-electron chi connectivity index (χ1n) is 14.2. The van der Waals surface area contributed by atoms with Gasteiger partial charge in [0.2, 0.25) is 0 Å². The fraction of sp³-hybridized carbons (Fsp3) is 0.375. The Morgan fingerprint density at radius 3 is 2.38 bits per heavy atom. The van der Waals surface area contributed by atoms with Crippen LogP contribution in [0.3, 0.4) is 0 Å². The summed E-state index contributed by atoms with van der Waals surface area (Å²) in [5.41, 5.74) is 0.725. The van der Waals surface area contributed by atoms with Crippen LogP contribution in [0.4, 0.5) is 8.78 Å². The van der Waals surface area contributed by atoms with E-state index in [-0.39, 0.29) is 6.10 Å². The number of fused-ring (bicyclic) bond motifs is 1. The highest BCUT2D eigenvalue weighted by atomic mass is 35.5. The van der Waals surface area contributed by atoms with E-state index < -0.39 is 29.2 Å². The first-order valence-corrected chi connectivity index (χ1v) is 14.6. The number of halogens is 3. The van der Waals surface area contributed by atoms with Gasteiger partial charge in [0.1, 0.15) is 5.75 Å². The predicted molar refractivity (Wildman–Crippen MR) is 157 cm³/mol. The number of hydrogen-bond acceptors (Lipinski definition) is 5. The summed E-state index contributed by atoms with van der Waals surface area (Å²) in [6.07, 6.45) is 5.53. The first kappa shape index (κ1) is 28.6. The van der Waals surface area contributed by atoms with Crippen molar-refractivity contribution < 1.29 is 23.4 Å². The monoisotopic (exact) mass is 594 g/mol. The summed E-state index contributed by atoms with van der Waals surface area (Å²) < 4.78 is 38.6. The van der Waals surface area contributed by atoms with Crippen LogP contribution in [0.5, 0.6) is 5.75 Å². The number of rotatable bonds is 9. The zero-order valence-electron chi connectivity index (χ0n) is 23.5. The molecule has 1 aromatic heterocycles. The molecule has 0 bridgehead atoms. The van der Waals surface area contributed by atoms with E-state index in [2.05, 4.69) is 10.4 Å². The highest BCUT2D eigenvalue weighted by molar-refractivity contribution is 6.32. The van der Waals surface area contributed by atoms with Gasteiger partial charge >= 0.3 is 5.92 Å². The lowest BCUT2D eigenvalue weighted by Gasteiger charge is -2.42. The molecule has 42 heavy (non-hydrogen) atoms. The Hall–Kier alpha value is -3.53. The number of amides is 1. The standard InChI is InChI=1S/C32H33ClF2N4O3/c1-20(32(41,39-15-3-4-16-39)25-11-14-29(27(33)18-25)42-26-12-13-26)37-30(40)31(34,35)24-9-7-21(8-10-24)22-5-6-23-19-36-38(2)28(23)17-22/h5-11,14,17-20,26,41H,3-4,12-13,15-16H2,1-2H3,(H,37,40)/t20-,32+/m1/s1. The number of nitrogens with zero attached hydrogens (tertiary/aromatic N) is 3. The quantitative estimate of drug-likeness (QED) is 0.250. The summed E-state index contributed by atoms with van der Waals surface area (Å²) in [4.78, 5) is 14.9. The maximum atomic E-state index is 15.5. The van der Waals surface area contributed by atoms with Crippen molar-refractivity contribution in [1.82, 2.24) is 20.0 Å². The number of hydrogen-bond donors (Lipinski definition) is 2. The summed E-state index contributed by atoms with van der Waals surface area (Å²) in [6.45, 7) is 2.64. The number of aliphatic hydroxyl groups is 1. The molecular weight excluding hydrogens is 562 g/mol. The Kier molecular flexibility index (Phi) is 7.45. The van der Waals surface area contributed by atoms with Gasteiger partial charge in [-0.3, -0.25) is 14.4 Å². The average Bonchev–Trinajstić information content (AvgIpc) is 3.47. The number of alkyl halides is 2. The summed E-state index contributed by atoms with van der Waals surface area (Å²) in [5, 5.41) is 20.0. The second-order valence-corrected chi connectivity index (χ2v) is 11.7. The molecule has 3 aromatic carbocycles. The molecule has 0 spiro atoms. The molecule has 0 radical (unpaired) electrons. The molecule has 1 aliphatic carbocycles. The summed E-state index contributed by atoms with van der Waals surface area (Å²) in [6, 6.07) is 15.3. The molecule has 6 rings (SSSR count). The molecular formula is C32H33ClF2N4O3. The lowest BCUT2D eigenvalue weighted by Crippen LogP contribution is -2.59. The number of carbonyl (C=O) groups excluding carboxylic acids is 1. The van der Waals surface area contributed by atoms with E-state index in [0.29, 0.717) is 29.4 Å². The van der Waals surface area contributed by atoms with Crippen molar-refractivity contribution >= 4 is 28.4 Å². The smallest absolute Gasteiger partial charge is 0.349 e. The number of nitrogens with one attached hydrogen (secondary N) is 1. The van der Waals surface area contributed by atoms with Crippen LogP contribution in [0.25, 0.3) is 22.0 Å². The molecule has 0 unspecified atom stereocenters. The van der Waals surface area contributed by atoms with Crippen molar-refractivity contribution in [2.24, 2.45) is 7.05 Å². The predicted octanol–water partition coefficient (Wildman–Crippen LogP) is 5.97. The van der Waals surface area contributed by atoms with Gasteiger partial charge in [0, 0.05) is 36.7 Å². The Morgan fingerprint density at radius 2 is 1.71 bits per heavy atom. The van der Waals surface area contributed by atoms with Crippen LogP contribution in [-0.4, -0.2) is 50.9 Å². The Labute approximate surface area is 248 Å². The number of benzene rings is 3. The van der Waals surface area contributed by atoms with Gasteiger partial charge in [0.25, 0.3) is 5.91 Å². The second-order valence-electron chi connectivity index (χ2n) is 11.3. The molecule has 1 aliphatic heterocycles. The van der Waals surface area contributed by atoms with Crippen LogP contribution in [0, 0.1) is 0 Å². The molecule has 1 saturated heterocycles. The maximum absolute atomic E-state index is 15.5. The van der Waals surface area contributed by atoms with Crippen molar-refractivity contribution in [3.05, 3.63) is 83.0 Å². The van der Waals surface area contributed by atoms with Crippen molar-refractivity contribution in [3.63, 3.8) is 0 Å². The van der Waals surface area contributed by atoms with Crippen molar-refractivity contribution in [2.75, 3.05) is 13.1 Å². The van der Waals surface area contributed by atoms with Gasteiger partial charge in [-0.25, -0.2) is 0 Å². The average molecular weight is 595 g/mol. The first-order chi connectivity index (χ1) is 20.1. The van der Waals surface area contributed by atoms with Gasteiger partial charge < -0.3 is 15.2 Å². The molecule has 220 valence electrons. The van der Waals surface area contributed by atoms with Gasteiger partial charge in [-0.05, 0) is 61.9 Å². The van der Waals surface area contributed by atoms with E-state index in [1.165, 1.54) is 19.1 Å². The highest BCUT2D eigenvalue weighted by Gasteiger charge is 2.48. The van der Waals surface area contributed by atoms with Gasteiger partial charge in [-0.1, -0.05) is 54.1 Å². The molecule has 2 heterocycles. The third kappa shape index (κ3) is 5.25. The van der Waals surface area contributed by atoms with E-state index in [1.54, 1.807) is 46.1 Å². The maximum Gasteiger partial charge on any atom is 0.349 e. The van der Waals surface area contributed by atoms with E-state index >= 15 is 8.78 Å². The highest BCUT2D eigenvalue weighted by Crippen LogP contribution is 2.39. The zero-order valence-corrected chi connectivity index (χ0v) is 24.2. The molecule has 1 amide bonds. The van der Waals surface area contributed by atoms with Gasteiger partial charge in [0.15, 0.2) is 5.72 Å². The lowest BCUT2D eigenvalue weighted by atomic mass is 9.93. The van der Waals surface area contributed by atoms with Crippen LogP contribution >= 0.6 is 11.6 Å². The van der Waals surface area contributed by atoms with Crippen LogP contribution in [0.1, 0.15) is 43.7 Å². The number of aromatic nitrogens is 2. The number of likely N-dealkylation sites (tertiary alicyclic amines) is 1. The third-order valence-electron chi connectivity index (χ3n) is 8.33. The Bertz CT molecular complexity index is 1620. The fourth-order valence-electron chi connectivity index (χ4n) is 5.67. The van der Waals surface area contributed by atoms with Crippen molar-refractivity contribution in [1.29, 1.82) is 0 Å². The molecule has 4 aromatic rings. The molecule has 7 nitrogen and oxygen atoms in total. The second kappa shape index (κ2) is 10.9. The largest absolute Gasteiger partial charge is 0.489 e. The van der Waals surface area contributed by atoms with Crippen molar-refractivity contribution in [3.8, 4) is 16.9 Å². The molecule has 2 atom stereocenters.